The summed E-state index contributed by atoms with van der Waals surface area (Å²) in [5, 5.41) is 23.2. The first kappa shape index (κ1) is 67.1. The second-order valence-electron chi connectivity index (χ2n) is 21.0. The smallest absolute Gasteiger partial charge is 0.305 e. The van der Waals surface area contributed by atoms with Crippen molar-refractivity contribution in [2.75, 3.05) is 13.2 Å². The molecule has 0 saturated carbocycles. The largest absolute Gasteiger partial charge is 0.466 e. The van der Waals surface area contributed by atoms with Gasteiger partial charge in [-0.1, -0.05) is 269 Å². The van der Waals surface area contributed by atoms with E-state index in [1.54, 1.807) is 0 Å². The number of unbranched alkanes of at least 4 members (excludes halogenated alkanes) is 40. The molecule has 0 bridgehead atoms. The third kappa shape index (κ3) is 55.2. The molecule has 0 aromatic carbocycles. The average molecular weight is 971 g/mol. The number of nitrogens with one attached hydrogen (secondary N) is 1. The maximum atomic E-state index is 12.5. The highest BCUT2D eigenvalue weighted by Crippen LogP contribution is 2.17. The van der Waals surface area contributed by atoms with Crippen LogP contribution >= 0.6 is 0 Å². The van der Waals surface area contributed by atoms with Crippen molar-refractivity contribution >= 4 is 11.9 Å². The van der Waals surface area contributed by atoms with Crippen LogP contribution in [-0.4, -0.2) is 47.4 Å². The second-order valence-corrected chi connectivity index (χ2v) is 21.0. The first-order valence-corrected chi connectivity index (χ1v) is 30.7. The third-order valence-corrected chi connectivity index (χ3v) is 14.2. The molecule has 406 valence electrons. The van der Waals surface area contributed by atoms with E-state index in [0.717, 1.165) is 51.4 Å². The van der Waals surface area contributed by atoms with E-state index in [2.05, 4.69) is 55.6 Å². The molecule has 3 N–H and O–H groups in total. The standard InChI is InChI=1S/C63H119NO5/c1-3-5-7-9-11-13-15-17-18-19-22-26-29-33-37-41-45-49-53-57-63(68)69-58-54-50-46-42-38-34-30-27-24-21-20-23-25-28-32-36-40-44-48-52-56-62(67)64-60(59-65)61(66)55-51-47-43-39-35-31-16-14-12-10-8-6-4-2/h11,13,17-18,20,23,60-61,65-66H,3-10,12,14-16,19,21-22,24-59H2,1-2H3,(H,64,67)/b13-11-,18-17-,23-20-. The minimum atomic E-state index is -0.669. The maximum Gasteiger partial charge on any atom is 0.305 e. The van der Waals surface area contributed by atoms with Gasteiger partial charge in [-0.15, -0.1) is 0 Å². The lowest BCUT2D eigenvalue weighted by molar-refractivity contribution is -0.143. The first-order chi connectivity index (χ1) is 34.0. The minimum absolute atomic E-state index is 0.00252. The molecule has 0 radical (unpaired) electrons. The summed E-state index contributed by atoms with van der Waals surface area (Å²) in [5.74, 6) is -0.0408. The molecule has 0 aliphatic carbocycles. The van der Waals surface area contributed by atoms with E-state index < -0.39 is 12.1 Å². The van der Waals surface area contributed by atoms with Gasteiger partial charge < -0.3 is 20.3 Å². The zero-order valence-corrected chi connectivity index (χ0v) is 46.3. The van der Waals surface area contributed by atoms with E-state index >= 15 is 0 Å². The van der Waals surface area contributed by atoms with Crippen LogP contribution in [0.2, 0.25) is 0 Å². The summed E-state index contributed by atoms with van der Waals surface area (Å²) >= 11 is 0. The summed E-state index contributed by atoms with van der Waals surface area (Å²) in [5.41, 5.74) is 0. The van der Waals surface area contributed by atoms with E-state index in [0.29, 0.717) is 25.9 Å². The molecule has 0 aliphatic heterocycles. The van der Waals surface area contributed by atoms with Gasteiger partial charge >= 0.3 is 5.97 Å². The van der Waals surface area contributed by atoms with Gasteiger partial charge in [-0.2, -0.15) is 0 Å². The summed E-state index contributed by atoms with van der Waals surface area (Å²) < 4.78 is 5.49. The van der Waals surface area contributed by atoms with Gasteiger partial charge in [-0.3, -0.25) is 9.59 Å². The second kappa shape index (κ2) is 58.6. The van der Waals surface area contributed by atoms with Gasteiger partial charge in [0.2, 0.25) is 5.91 Å². The predicted molar refractivity (Wildman–Crippen MR) is 301 cm³/mol. The molecular formula is C63H119NO5. The van der Waals surface area contributed by atoms with E-state index in [1.807, 2.05) is 0 Å². The highest BCUT2D eigenvalue weighted by molar-refractivity contribution is 5.76. The highest BCUT2D eigenvalue weighted by Gasteiger charge is 2.20. The van der Waals surface area contributed by atoms with Crippen LogP contribution in [0.4, 0.5) is 0 Å². The van der Waals surface area contributed by atoms with Gasteiger partial charge in [0.15, 0.2) is 0 Å². The minimum Gasteiger partial charge on any atom is -0.466 e. The van der Waals surface area contributed by atoms with Gasteiger partial charge in [0.25, 0.3) is 0 Å². The maximum absolute atomic E-state index is 12.5. The van der Waals surface area contributed by atoms with E-state index in [1.165, 1.54) is 244 Å². The highest BCUT2D eigenvalue weighted by atomic mass is 16.5. The summed E-state index contributed by atoms with van der Waals surface area (Å²) in [4.78, 5) is 24.6. The van der Waals surface area contributed by atoms with Crippen molar-refractivity contribution in [1.29, 1.82) is 0 Å². The Hall–Kier alpha value is -1.92. The van der Waals surface area contributed by atoms with Crippen LogP contribution < -0.4 is 5.32 Å². The fourth-order valence-electron chi connectivity index (χ4n) is 9.43. The van der Waals surface area contributed by atoms with E-state index in [-0.39, 0.29) is 18.5 Å². The lowest BCUT2D eigenvalue weighted by Crippen LogP contribution is -2.45. The number of amides is 1. The summed E-state index contributed by atoms with van der Waals surface area (Å²) in [7, 11) is 0. The van der Waals surface area contributed by atoms with Crippen molar-refractivity contribution in [3.05, 3.63) is 36.5 Å². The van der Waals surface area contributed by atoms with Crippen molar-refractivity contribution < 1.29 is 24.5 Å². The van der Waals surface area contributed by atoms with Crippen LogP contribution in [0.1, 0.15) is 328 Å². The van der Waals surface area contributed by atoms with Crippen molar-refractivity contribution in [3.63, 3.8) is 0 Å². The van der Waals surface area contributed by atoms with Crippen LogP contribution in [0.15, 0.2) is 36.5 Å². The summed E-state index contributed by atoms with van der Waals surface area (Å²) in [6, 6.07) is -0.547. The Morgan fingerprint density at radius 3 is 1.14 bits per heavy atom. The van der Waals surface area contributed by atoms with Gasteiger partial charge in [-0.05, 0) is 83.5 Å². The molecular weight excluding hydrogens is 851 g/mol. The number of aliphatic hydroxyl groups excluding tert-OH is 2. The molecule has 0 saturated heterocycles. The Labute approximate surface area is 430 Å². The average Bonchev–Trinajstić information content (AvgIpc) is 3.35. The summed E-state index contributed by atoms with van der Waals surface area (Å²) in [6.07, 6.45) is 72.9. The lowest BCUT2D eigenvalue weighted by atomic mass is 10.0. The Morgan fingerprint density at radius 2 is 0.725 bits per heavy atom. The number of hydrogen-bond acceptors (Lipinski definition) is 5. The number of esters is 1. The monoisotopic (exact) mass is 970 g/mol. The van der Waals surface area contributed by atoms with Crippen LogP contribution in [-0.2, 0) is 14.3 Å². The molecule has 69 heavy (non-hydrogen) atoms. The van der Waals surface area contributed by atoms with Crippen molar-refractivity contribution in [2.45, 2.75) is 341 Å². The van der Waals surface area contributed by atoms with Crippen LogP contribution in [0.25, 0.3) is 0 Å². The summed E-state index contributed by atoms with van der Waals surface area (Å²) in [6.45, 7) is 4.92. The molecule has 0 aromatic heterocycles. The van der Waals surface area contributed by atoms with Gasteiger partial charge in [0.05, 0.1) is 25.4 Å². The van der Waals surface area contributed by atoms with Gasteiger partial charge in [-0.25, -0.2) is 0 Å². The van der Waals surface area contributed by atoms with E-state index in [4.69, 9.17) is 4.74 Å². The van der Waals surface area contributed by atoms with Crippen molar-refractivity contribution in [2.24, 2.45) is 0 Å². The number of allylic oxidation sites excluding steroid dienone is 6. The quantitative estimate of drug-likeness (QED) is 0.0321. The Kier molecular flexibility index (Phi) is 57.0. The number of carbonyl (C=O) groups excluding carboxylic acids is 2. The van der Waals surface area contributed by atoms with Crippen LogP contribution in [0, 0.1) is 0 Å². The molecule has 0 aromatic rings. The van der Waals surface area contributed by atoms with Crippen molar-refractivity contribution in [3.8, 4) is 0 Å². The fraction of sp³-hybridized carbons (Fsp3) is 0.873. The molecule has 1 amide bonds. The number of rotatable bonds is 57. The fourth-order valence-corrected chi connectivity index (χ4v) is 9.43. The predicted octanol–water partition coefficient (Wildman–Crippen LogP) is 19.2. The molecule has 0 rings (SSSR count). The topological polar surface area (TPSA) is 95.9 Å². The molecule has 2 atom stereocenters. The van der Waals surface area contributed by atoms with Gasteiger partial charge in [0.1, 0.15) is 0 Å². The molecule has 2 unspecified atom stereocenters. The SMILES string of the molecule is CCCCC/C=C\C/C=C\CCCCCCCCCCCC(=O)OCCCCCCCCCCC/C=C\CCCCCCCCCC(=O)NC(CO)C(O)CCCCCCCCCCCCCCC. The Bertz CT molecular complexity index is 1120. The number of carbonyl (C=O) groups is 2. The number of aliphatic hydroxyl groups is 2. The van der Waals surface area contributed by atoms with Crippen LogP contribution in [0.5, 0.6) is 0 Å². The molecule has 6 heteroatoms. The molecule has 0 fully saturated rings. The molecule has 0 aliphatic rings. The van der Waals surface area contributed by atoms with E-state index in [9.17, 15) is 19.8 Å². The Morgan fingerprint density at radius 1 is 0.406 bits per heavy atom. The zero-order valence-electron chi connectivity index (χ0n) is 46.3. The molecule has 6 nitrogen and oxygen atoms in total. The molecule has 0 heterocycles. The normalized spacial score (nSPS) is 12.8. The van der Waals surface area contributed by atoms with Crippen molar-refractivity contribution in [1.82, 2.24) is 5.32 Å². The number of hydrogen-bond donors (Lipinski definition) is 3. The van der Waals surface area contributed by atoms with Crippen LogP contribution in [0.3, 0.4) is 0 Å². The first-order valence-electron chi connectivity index (χ1n) is 30.7. The molecule has 0 spiro atoms. The van der Waals surface area contributed by atoms with Gasteiger partial charge in [0, 0.05) is 12.8 Å². The number of ether oxygens (including phenoxy) is 1. The lowest BCUT2D eigenvalue weighted by Gasteiger charge is -2.22. The zero-order chi connectivity index (χ0) is 50.0. The Balaban J connectivity index is 3.41. The third-order valence-electron chi connectivity index (χ3n) is 14.2.